The molecule has 0 spiro atoms. The highest BCUT2D eigenvalue weighted by atomic mass is 16.5. The van der Waals surface area contributed by atoms with Gasteiger partial charge in [0.25, 0.3) is 5.91 Å². The number of carbonyl (C=O) groups is 1. The molecule has 7 heteroatoms. The summed E-state index contributed by atoms with van der Waals surface area (Å²) in [5, 5.41) is 13.7. The van der Waals surface area contributed by atoms with Crippen LogP contribution in [0.5, 0.6) is 5.75 Å². The molecular weight excluding hydrogens is 270 g/mol. The third-order valence-electron chi connectivity index (χ3n) is 3.53. The van der Waals surface area contributed by atoms with Crippen molar-refractivity contribution in [3.8, 4) is 5.75 Å². The minimum atomic E-state index is -0.0374. The first-order valence-corrected chi connectivity index (χ1v) is 6.98. The zero-order valence-electron chi connectivity index (χ0n) is 12.0. The Morgan fingerprint density at radius 3 is 3.10 bits per heavy atom. The molecule has 2 heterocycles. The second-order valence-corrected chi connectivity index (χ2v) is 5.10. The summed E-state index contributed by atoms with van der Waals surface area (Å²) in [6, 6.07) is 5.59. The number of benzene rings is 1. The van der Waals surface area contributed by atoms with Crippen LogP contribution in [0.4, 0.5) is 0 Å². The second kappa shape index (κ2) is 5.51. The van der Waals surface area contributed by atoms with Crippen LogP contribution in [0.25, 0.3) is 0 Å². The van der Waals surface area contributed by atoms with E-state index in [0.29, 0.717) is 24.5 Å². The number of carbonyl (C=O) groups excluding carboxylic acids is 1. The van der Waals surface area contributed by atoms with Crippen molar-refractivity contribution >= 4 is 5.91 Å². The SMILES string of the molecule is CCN(Cc1nn[nH]n1)C(=O)c1ccc2c(c1)CC(C)O2. The van der Waals surface area contributed by atoms with Crippen molar-refractivity contribution in [2.75, 3.05) is 6.54 Å². The maximum absolute atomic E-state index is 12.6. The third-order valence-corrected chi connectivity index (χ3v) is 3.53. The largest absolute Gasteiger partial charge is 0.490 e. The van der Waals surface area contributed by atoms with Crippen molar-refractivity contribution in [3.05, 3.63) is 35.2 Å². The number of ether oxygens (including phenoxy) is 1. The van der Waals surface area contributed by atoms with Crippen LogP contribution in [0.1, 0.15) is 35.6 Å². The summed E-state index contributed by atoms with van der Waals surface area (Å²) < 4.78 is 5.66. The minimum Gasteiger partial charge on any atom is -0.490 e. The summed E-state index contributed by atoms with van der Waals surface area (Å²) in [6.07, 6.45) is 1.01. The van der Waals surface area contributed by atoms with Crippen LogP contribution < -0.4 is 4.74 Å². The van der Waals surface area contributed by atoms with E-state index in [1.165, 1.54) is 0 Å². The lowest BCUT2D eigenvalue weighted by molar-refractivity contribution is 0.0748. The van der Waals surface area contributed by atoms with E-state index in [4.69, 9.17) is 4.74 Å². The molecule has 1 aromatic heterocycles. The lowest BCUT2D eigenvalue weighted by Gasteiger charge is -2.19. The third kappa shape index (κ3) is 2.72. The monoisotopic (exact) mass is 287 g/mol. The average Bonchev–Trinajstić information content (AvgIpc) is 3.11. The lowest BCUT2D eigenvalue weighted by Crippen LogP contribution is -2.30. The first-order valence-electron chi connectivity index (χ1n) is 6.98. The van der Waals surface area contributed by atoms with Crippen molar-refractivity contribution in [2.24, 2.45) is 0 Å². The van der Waals surface area contributed by atoms with Crippen LogP contribution in [0.3, 0.4) is 0 Å². The fourth-order valence-electron chi connectivity index (χ4n) is 2.49. The minimum absolute atomic E-state index is 0.0374. The average molecular weight is 287 g/mol. The first kappa shape index (κ1) is 13.5. The van der Waals surface area contributed by atoms with E-state index in [9.17, 15) is 4.79 Å². The highest BCUT2D eigenvalue weighted by molar-refractivity contribution is 5.94. The molecule has 2 aromatic rings. The van der Waals surface area contributed by atoms with Crippen LogP contribution in [-0.2, 0) is 13.0 Å². The van der Waals surface area contributed by atoms with E-state index in [-0.39, 0.29) is 12.0 Å². The number of tetrazole rings is 1. The number of aromatic amines is 1. The van der Waals surface area contributed by atoms with Crippen LogP contribution in [0.2, 0.25) is 0 Å². The molecule has 1 aliphatic heterocycles. The van der Waals surface area contributed by atoms with Gasteiger partial charge in [0.05, 0.1) is 6.54 Å². The Morgan fingerprint density at radius 2 is 2.38 bits per heavy atom. The molecule has 0 saturated carbocycles. The van der Waals surface area contributed by atoms with Gasteiger partial charge in [0.15, 0.2) is 5.82 Å². The van der Waals surface area contributed by atoms with Gasteiger partial charge in [-0.15, -0.1) is 10.2 Å². The van der Waals surface area contributed by atoms with Gasteiger partial charge in [-0.1, -0.05) is 5.21 Å². The van der Waals surface area contributed by atoms with Crippen LogP contribution in [-0.4, -0.2) is 44.1 Å². The number of amides is 1. The molecule has 1 unspecified atom stereocenters. The van der Waals surface area contributed by atoms with Crippen molar-refractivity contribution < 1.29 is 9.53 Å². The predicted molar refractivity (Wildman–Crippen MR) is 74.8 cm³/mol. The zero-order chi connectivity index (χ0) is 14.8. The molecule has 3 rings (SSSR count). The van der Waals surface area contributed by atoms with E-state index in [1.807, 2.05) is 26.0 Å². The molecule has 1 aliphatic rings. The Hall–Kier alpha value is -2.44. The predicted octanol–water partition coefficient (Wildman–Crippen LogP) is 1.19. The number of aromatic nitrogens is 4. The van der Waals surface area contributed by atoms with Gasteiger partial charge >= 0.3 is 0 Å². The summed E-state index contributed by atoms with van der Waals surface area (Å²) in [5.74, 6) is 1.34. The Labute approximate surface area is 122 Å². The molecule has 1 N–H and O–H groups in total. The first-order chi connectivity index (χ1) is 10.2. The number of hydrogen-bond acceptors (Lipinski definition) is 5. The normalized spacial score (nSPS) is 16.4. The topological polar surface area (TPSA) is 84.0 Å². The molecular formula is C14H17N5O2. The summed E-state index contributed by atoms with van der Waals surface area (Å²) in [7, 11) is 0. The fourth-order valence-corrected chi connectivity index (χ4v) is 2.49. The quantitative estimate of drug-likeness (QED) is 0.913. The molecule has 0 saturated heterocycles. The smallest absolute Gasteiger partial charge is 0.254 e. The van der Waals surface area contributed by atoms with Crippen molar-refractivity contribution in [2.45, 2.75) is 32.9 Å². The fraction of sp³-hybridized carbons (Fsp3) is 0.429. The van der Waals surface area contributed by atoms with Gasteiger partial charge in [0.1, 0.15) is 11.9 Å². The molecule has 0 aliphatic carbocycles. The van der Waals surface area contributed by atoms with E-state index >= 15 is 0 Å². The van der Waals surface area contributed by atoms with Gasteiger partial charge in [-0.05, 0) is 37.6 Å². The molecule has 1 amide bonds. The number of nitrogens with one attached hydrogen (secondary N) is 1. The van der Waals surface area contributed by atoms with E-state index < -0.39 is 0 Å². The number of H-pyrrole nitrogens is 1. The highest BCUT2D eigenvalue weighted by Crippen LogP contribution is 2.29. The Morgan fingerprint density at radius 1 is 1.52 bits per heavy atom. The van der Waals surface area contributed by atoms with Crippen molar-refractivity contribution in [1.82, 2.24) is 25.5 Å². The van der Waals surface area contributed by atoms with Gasteiger partial charge in [0, 0.05) is 18.5 Å². The standard InChI is InChI=1S/C14H17N5O2/c1-3-19(8-13-15-17-18-16-13)14(20)10-4-5-12-11(7-10)6-9(2)21-12/h4-5,7,9H,3,6,8H2,1-2H3,(H,15,16,17,18). The van der Waals surface area contributed by atoms with Gasteiger partial charge in [0.2, 0.25) is 0 Å². The zero-order valence-corrected chi connectivity index (χ0v) is 12.0. The Balaban J connectivity index is 1.79. The van der Waals surface area contributed by atoms with Gasteiger partial charge < -0.3 is 9.64 Å². The van der Waals surface area contributed by atoms with E-state index in [1.54, 1.807) is 11.0 Å². The lowest BCUT2D eigenvalue weighted by atomic mass is 10.1. The Bertz CT molecular complexity index is 641. The van der Waals surface area contributed by atoms with Gasteiger partial charge in [-0.3, -0.25) is 4.79 Å². The number of rotatable bonds is 4. The van der Waals surface area contributed by atoms with Gasteiger partial charge in [-0.2, -0.15) is 5.21 Å². The molecule has 7 nitrogen and oxygen atoms in total. The summed E-state index contributed by atoms with van der Waals surface area (Å²) >= 11 is 0. The summed E-state index contributed by atoms with van der Waals surface area (Å²) in [5.41, 5.74) is 1.75. The molecule has 1 aromatic carbocycles. The van der Waals surface area contributed by atoms with E-state index in [0.717, 1.165) is 17.7 Å². The highest BCUT2D eigenvalue weighted by Gasteiger charge is 2.22. The summed E-state index contributed by atoms with van der Waals surface area (Å²) in [4.78, 5) is 14.3. The van der Waals surface area contributed by atoms with Crippen molar-refractivity contribution in [1.29, 1.82) is 0 Å². The van der Waals surface area contributed by atoms with Gasteiger partial charge in [-0.25, -0.2) is 0 Å². The van der Waals surface area contributed by atoms with Crippen LogP contribution >= 0.6 is 0 Å². The molecule has 1 atom stereocenters. The molecule has 21 heavy (non-hydrogen) atoms. The molecule has 0 radical (unpaired) electrons. The van der Waals surface area contributed by atoms with Crippen LogP contribution in [0.15, 0.2) is 18.2 Å². The van der Waals surface area contributed by atoms with Crippen molar-refractivity contribution in [3.63, 3.8) is 0 Å². The van der Waals surface area contributed by atoms with E-state index in [2.05, 4.69) is 20.6 Å². The molecule has 0 fully saturated rings. The number of fused-ring (bicyclic) bond motifs is 1. The number of nitrogens with zero attached hydrogens (tertiary/aromatic N) is 4. The second-order valence-electron chi connectivity index (χ2n) is 5.10. The maximum atomic E-state index is 12.6. The molecule has 110 valence electrons. The molecule has 0 bridgehead atoms. The van der Waals surface area contributed by atoms with Crippen LogP contribution in [0, 0.1) is 0 Å². The Kier molecular flexibility index (Phi) is 3.55. The maximum Gasteiger partial charge on any atom is 0.254 e. The number of hydrogen-bond donors (Lipinski definition) is 1. The summed E-state index contributed by atoms with van der Waals surface area (Å²) in [6.45, 7) is 4.87.